The minimum Gasteiger partial charge on any atom is -0.491 e. The fourth-order valence-electron chi connectivity index (χ4n) is 2.50. The first-order valence-electron chi connectivity index (χ1n) is 7.96. The second kappa shape index (κ2) is 9.03. The Kier molecular flexibility index (Phi) is 7.00. The first kappa shape index (κ1) is 16.3. The van der Waals surface area contributed by atoms with Crippen LogP contribution in [0.1, 0.15) is 25.3 Å². The first-order valence-corrected chi connectivity index (χ1v) is 7.96. The Hall–Kier alpha value is -1.10. The maximum absolute atomic E-state index is 9.92. The van der Waals surface area contributed by atoms with E-state index in [0.717, 1.165) is 38.3 Å². The number of rotatable bonds is 8. The van der Waals surface area contributed by atoms with E-state index in [1.165, 1.54) is 12.0 Å². The summed E-state index contributed by atoms with van der Waals surface area (Å²) in [7, 11) is 0. The van der Waals surface area contributed by atoms with E-state index < -0.39 is 6.10 Å². The van der Waals surface area contributed by atoms with Crippen molar-refractivity contribution >= 4 is 0 Å². The van der Waals surface area contributed by atoms with Crippen molar-refractivity contribution in [2.24, 2.45) is 5.92 Å². The van der Waals surface area contributed by atoms with Gasteiger partial charge in [-0.1, -0.05) is 19.1 Å². The van der Waals surface area contributed by atoms with Crippen LogP contribution < -0.4 is 10.1 Å². The molecule has 1 aromatic rings. The summed E-state index contributed by atoms with van der Waals surface area (Å²) in [4.78, 5) is 0. The van der Waals surface area contributed by atoms with Crippen molar-refractivity contribution in [3.63, 3.8) is 0 Å². The average molecular weight is 293 g/mol. The lowest BCUT2D eigenvalue weighted by Crippen LogP contribution is -2.36. The van der Waals surface area contributed by atoms with Gasteiger partial charge < -0.3 is 19.9 Å². The Morgan fingerprint density at radius 3 is 2.86 bits per heavy atom. The minimum absolute atomic E-state index is 0.319. The molecular weight excluding hydrogens is 266 g/mol. The maximum Gasteiger partial charge on any atom is 0.119 e. The Balaban J connectivity index is 1.59. The van der Waals surface area contributed by atoms with Gasteiger partial charge in [0.05, 0.1) is 6.61 Å². The molecule has 0 radical (unpaired) electrons. The quantitative estimate of drug-likeness (QED) is 0.770. The van der Waals surface area contributed by atoms with E-state index in [1.54, 1.807) is 0 Å². The second-order valence-corrected chi connectivity index (χ2v) is 5.70. The number of hydrogen-bond donors (Lipinski definition) is 2. The number of hydrogen-bond acceptors (Lipinski definition) is 4. The summed E-state index contributed by atoms with van der Waals surface area (Å²) in [6, 6.07) is 8.03. The Morgan fingerprint density at radius 1 is 1.38 bits per heavy atom. The van der Waals surface area contributed by atoms with E-state index in [9.17, 15) is 5.11 Å². The molecule has 4 heteroatoms. The fraction of sp³-hybridized carbons (Fsp3) is 0.647. The molecule has 1 heterocycles. The SMILES string of the molecule is CCc1ccc(OCC(O)CNCC2CCCOC2)cc1. The third kappa shape index (κ3) is 6.04. The van der Waals surface area contributed by atoms with E-state index in [0.29, 0.717) is 19.1 Å². The molecule has 0 aliphatic carbocycles. The fourth-order valence-corrected chi connectivity index (χ4v) is 2.50. The molecule has 21 heavy (non-hydrogen) atoms. The number of aliphatic hydroxyl groups excluding tert-OH is 1. The number of nitrogens with one attached hydrogen (secondary N) is 1. The lowest BCUT2D eigenvalue weighted by atomic mass is 10.0. The summed E-state index contributed by atoms with van der Waals surface area (Å²) in [5.41, 5.74) is 1.29. The van der Waals surface area contributed by atoms with Crippen LogP contribution in [0.25, 0.3) is 0 Å². The zero-order chi connectivity index (χ0) is 14.9. The molecule has 2 unspecified atom stereocenters. The van der Waals surface area contributed by atoms with Gasteiger partial charge in [-0.15, -0.1) is 0 Å². The van der Waals surface area contributed by atoms with E-state index in [4.69, 9.17) is 9.47 Å². The highest BCUT2D eigenvalue weighted by molar-refractivity contribution is 5.27. The van der Waals surface area contributed by atoms with Crippen molar-refractivity contribution in [2.75, 3.05) is 32.9 Å². The molecule has 1 saturated heterocycles. The van der Waals surface area contributed by atoms with Crippen LogP contribution in [-0.2, 0) is 11.2 Å². The van der Waals surface area contributed by atoms with Crippen LogP contribution in [0.2, 0.25) is 0 Å². The Morgan fingerprint density at radius 2 is 2.19 bits per heavy atom. The first-order chi connectivity index (χ1) is 10.3. The zero-order valence-electron chi connectivity index (χ0n) is 12.9. The van der Waals surface area contributed by atoms with E-state index >= 15 is 0 Å². The molecule has 1 fully saturated rings. The van der Waals surface area contributed by atoms with Crippen LogP contribution in [0.4, 0.5) is 0 Å². The molecule has 118 valence electrons. The van der Waals surface area contributed by atoms with Crippen molar-refractivity contribution < 1.29 is 14.6 Å². The van der Waals surface area contributed by atoms with Crippen molar-refractivity contribution in [3.05, 3.63) is 29.8 Å². The van der Waals surface area contributed by atoms with Crippen molar-refractivity contribution in [2.45, 2.75) is 32.3 Å². The highest BCUT2D eigenvalue weighted by Crippen LogP contribution is 2.13. The van der Waals surface area contributed by atoms with Gasteiger partial charge in [0.2, 0.25) is 0 Å². The molecule has 0 bridgehead atoms. The standard InChI is InChI=1S/C17H27NO3/c1-2-14-5-7-17(8-6-14)21-13-16(19)11-18-10-15-4-3-9-20-12-15/h5-8,15-16,18-19H,2-4,9-13H2,1H3. The van der Waals surface area contributed by atoms with Crippen molar-refractivity contribution in [3.8, 4) is 5.75 Å². The van der Waals surface area contributed by atoms with Crippen LogP contribution in [0.3, 0.4) is 0 Å². The molecular formula is C17H27NO3. The highest BCUT2D eigenvalue weighted by atomic mass is 16.5. The molecule has 2 N–H and O–H groups in total. The molecule has 1 aliphatic rings. The van der Waals surface area contributed by atoms with Gasteiger partial charge >= 0.3 is 0 Å². The minimum atomic E-state index is -0.486. The number of aliphatic hydroxyl groups is 1. The van der Waals surface area contributed by atoms with Crippen molar-refractivity contribution in [1.29, 1.82) is 0 Å². The Labute approximate surface area is 127 Å². The predicted molar refractivity (Wildman–Crippen MR) is 83.7 cm³/mol. The van der Waals surface area contributed by atoms with Gasteiger partial charge in [0.15, 0.2) is 0 Å². The molecule has 0 spiro atoms. The molecule has 0 saturated carbocycles. The van der Waals surface area contributed by atoms with Crippen molar-refractivity contribution in [1.82, 2.24) is 5.32 Å². The zero-order valence-corrected chi connectivity index (χ0v) is 12.9. The summed E-state index contributed by atoms with van der Waals surface area (Å²) in [6.07, 6.45) is 2.90. The van der Waals surface area contributed by atoms with Gasteiger partial charge in [0.1, 0.15) is 18.5 Å². The monoisotopic (exact) mass is 293 g/mol. The maximum atomic E-state index is 9.92. The van der Waals surface area contributed by atoms with Gasteiger partial charge in [0.25, 0.3) is 0 Å². The smallest absolute Gasteiger partial charge is 0.119 e. The molecule has 1 aromatic carbocycles. The van der Waals surface area contributed by atoms with Crippen LogP contribution in [0, 0.1) is 5.92 Å². The summed E-state index contributed by atoms with van der Waals surface area (Å²) < 4.78 is 11.0. The average Bonchev–Trinajstić information content (AvgIpc) is 2.54. The third-order valence-electron chi connectivity index (χ3n) is 3.84. The van der Waals surface area contributed by atoms with Crippen LogP contribution >= 0.6 is 0 Å². The molecule has 0 amide bonds. The molecule has 4 nitrogen and oxygen atoms in total. The van der Waals surface area contributed by atoms with Gasteiger partial charge in [-0.05, 0) is 42.9 Å². The van der Waals surface area contributed by atoms with Gasteiger partial charge in [-0.2, -0.15) is 0 Å². The number of ether oxygens (including phenoxy) is 2. The lowest BCUT2D eigenvalue weighted by Gasteiger charge is -2.23. The Bertz CT molecular complexity index is 388. The normalized spacial score (nSPS) is 20.2. The number of benzene rings is 1. The third-order valence-corrected chi connectivity index (χ3v) is 3.84. The van der Waals surface area contributed by atoms with Gasteiger partial charge in [-0.3, -0.25) is 0 Å². The van der Waals surface area contributed by atoms with E-state index in [-0.39, 0.29) is 0 Å². The molecule has 1 aliphatic heterocycles. The summed E-state index contributed by atoms with van der Waals surface area (Å²) in [6.45, 7) is 5.64. The van der Waals surface area contributed by atoms with E-state index in [1.807, 2.05) is 12.1 Å². The van der Waals surface area contributed by atoms with Crippen LogP contribution in [0.5, 0.6) is 5.75 Å². The molecule has 0 aromatic heterocycles. The predicted octanol–water partition coefficient (Wildman–Crippen LogP) is 2.00. The van der Waals surface area contributed by atoms with E-state index in [2.05, 4.69) is 24.4 Å². The summed E-state index contributed by atoms with van der Waals surface area (Å²) >= 11 is 0. The molecule has 2 rings (SSSR count). The molecule has 2 atom stereocenters. The van der Waals surface area contributed by atoms with Gasteiger partial charge in [0, 0.05) is 19.7 Å². The lowest BCUT2D eigenvalue weighted by molar-refractivity contribution is 0.0516. The van der Waals surface area contributed by atoms with Crippen LogP contribution in [0.15, 0.2) is 24.3 Å². The van der Waals surface area contributed by atoms with Crippen LogP contribution in [-0.4, -0.2) is 44.1 Å². The summed E-state index contributed by atoms with van der Waals surface area (Å²) in [5, 5.41) is 13.2. The topological polar surface area (TPSA) is 50.7 Å². The largest absolute Gasteiger partial charge is 0.491 e. The van der Waals surface area contributed by atoms with Gasteiger partial charge in [-0.25, -0.2) is 0 Å². The summed E-state index contributed by atoms with van der Waals surface area (Å²) in [5.74, 6) is 1.39. The number of aryl methyl sites for hydroxylation is 1. The second-order valence-electron chi connectivity index (χ2n) is 5.70. The highest BCUT2D eigenvalue weighted by Gasteiger charge is 2.14.